The molecule has 0 atom stereocenters. The van der Waals surface area contributed by atoms with Crippen molar-refractivity contribution in [2.45, 2.75) is 26.1 Å². The summed E-state index contributed by atoms with van der Waals surface area (Å²) in [5.74, 6) is 0.549. The van der Waals surface area contributed by atoms with E-state index in [0.717, 1.165) is 42.9 Å². The molecule has 1 amide bonds. The maximum atomic E-state index is 12.6. The molecule has 0 unspecified atom stereocenters. The van der Waals surface area contributed by atoms with Gasteiger partial charge < -0.3 is 4.74 Å². The number of hydrazone groups is 1. The third-order valence-electron chi connectivity index (χ3n) is 7.37. The second-order valence-corrected chi connectivity index (χ2v) is 10.1. The highest BCUT2D eigenvalue weighted by Crippen LogP contribution is 2.22. The fourth-order valence-corrected chi connectivity index (χ4v) is 5.17. The Labute approximate surface area is 234 Å². The Balaban J connectivity index is 0.985. The summed E-state index contributed by atoms with van der Waals surface area (Å²) < 4.78 is 6.01. The van der Waals surface area contributed by atoms with E-state index in [1.165, 1.54) is 27.5 Å². The first-order valence-corrected chi connectivity index (χ1v) is 13.6. The van der Waals surface area contributed by atoms with Crippen LogP contribution in [0.5, 0.6) is 5.75 Å². The molecular formula is C35H31N3O2. The molecule has 0 aromatic heterocycles. The third kappa shape index (κ3) is 6.11. The zero-order valence-electron chi connectivity index (χ0n) is 22.3. The van der Waals surface area contributed by atoms with Gasteiger partial charge in [-0.3, -0.25) is 9.69 Å². The zero-order chi connectivity index (χ0) is 27.1. The number of rotatable bonds is 8. The maximum absolute atomic E-state index is 12.6. The number of hydrogen-bond donors (Lipinski definition) is 1. The summed E-state index contributed by atoms with van der Waals surface area (Å²) in [5, 5.41) is 6.55. The van der Waals surface area contributed by atoms with E-state index >= 15 is 0 Å². The molecule has 5 aromatic rings. The molecule has 1 N–H and O–H groups in total. The number of ether oxygens (including phenoxy) is 1. The van der Waals surface area contributed by atoms with Crippen LogP contribution in [-0.4, -0.2) is 23.6 Å². The molecule has 0 spiro atoms. The van der Waals surface area contributed by atoms with Crippen LogP contribution in [0.3, 0.4) is 0 Å². The molecule has 5 heteroatoms. The number of amides is 1. The molecule has 1 aliphatic rings. The van der Waals surface area contributed by atoms with E-state index in [2.05, 4.69) is 70.0 Å². The zero-order valence-corrected chi connectivity index (χ0v) is 22.3. The second-order valence-electron chi connectivity index (χ2n) is 10.1. The van der Waals surface area contributed by atoms with Gasteiger partial charge in [-0.25, -0.2) is 5.43 Å². The van der Waals surface area contributed by atoms with E-state index in [0.29, 0.717) is 12.2 Å². The van der Waals surface area contributed by atoms with Crippen LogP contribution in [-0.2, 0) is 26.1 Å². The number of nitrogens with zero attached hydrogens (tertiary/aromatic N) is 2. The number of carbonyl (C=O) groups excluding carboxylic acids is 1. The van der Waals surface area contributed by atoms with Crippen molar-refractivity contribution in [3.05, 3.63) is 149 Å². The summed E-state index contributed by atoms with van der Waals surface area (Å²) in [7, 11) is 0. The average molecular weight is 526 g/mol. The minimum Gasteiger partial charge on any atom is -0.489 e. The summed E-state index contributed by atoms with van der Waals surface area (Å²) in [6, 6.07) is 38.7. The molecule has 0 saturated carbocycles. The molecule has 0 saturated heterocycles. The van der Waals surface area contributed by atoms with Crippen molar-refractivity contribution < 1.29 is 9.53 Å². The monoisotopic (exact) mass is 525 g/mol. The Kier molecular flexibility index (Phi) is 7.64. The summed E-state index contributed by atoms with van der Waals surface area (Å²) >= 11 is 0. The minimum absolute atomic E-state index is 0.232. The van der Waals surface area contributed by atoms with Crippen LogP contribution in [0.15, 0.2) is 120 Å². The van der Waals surface area contributed by atoms with Gasteiger partial charge in [0.05, 0.1) is 6.21 Å². The Morgan fingerprint density at radius 2 is 1.57 bits per heavy atom. The molecule has 1 aliphatic heterocycles. The van der Waals surface area contributed by atoms with Crippen LogP contribution in [0.2, 0.25) is 0 Å². The van der Waals surface area contributed by atoms with Crippen molar-refractivity contribution in [3.63, 3.8) is 0 Å². The summed E-state index contributed by atoms with van der Waals surface area (Å²) in [5.41, 5.74) is 9.29. The maximum Gasteiger partial charge on any atom is 0.271 e. The first kappa shape index (κ1) is 25.5. The Morgan fingerprint density at radius 3 is 2.42 bits per heavy atom. The number of fused-ring (bicyclic) bond motifs is 2. The van der Waals surface area contributed by atoms with Gasteiger partial charge in [0.1, 0.15) is 12.4 Å². The summed E-state index contributed by atoms with van der Waals surface area (Å²) in [4.78, 5) is 15.0. The van der Waals surface area contributed by atoms with E-state index in [1.807, 2.05) is 60.7 Å². The molecule has 6 rings (SSSR count). The summed E-state index contributed by atoms with van der Waals surface area (Å²) in [6.07, 6.45) is 2.71. The molecule has 40 heavy (non-hydrogen) atoms. The quantitative estimate of drug-likeness (QED) is 0.180. The predicted octanol–water partition coefficient (Wildman–Crippen LogP) is 6.74. The number of carbonyl (C=O) groups is 1. The van der Waals surface area contributed by atoms with Crippen LogP contribution in [0.4, 0.5) is 0 Å². The van der Waals surface area contributed by atoms with E-state index in [1.54, 1.807) is 6.21 Å². The van der Waals surface area contributed by atoms with Crippen molar-refractivity contribution in [2.24, 2.45) is 5.10 Å². The smallest absolute Gasteiger partial charge is 0.271 e. The molecule has 0 radical (unpaired) electrons. The van der Waals surface area contributed by atoms with Gasteiger partial charge in [-0.1, -0.05) is 78.9 Å². The third-order valence-corrected chi connectivity index (χ3v) is 7.37. The molecule has 5 nitrogen and oxygen atoms in total. The lowest BCUT2D eigenvalue weighted by molar-refractivity contribution is 0.0955. The SMILES string of the molecule is O=C(N/N=C\c1ccc(OCc2cccc3ccccc23)cc1)c1ccc(CN2CCc3ccccc3C2)cc1. The lowest BCUT2D eigenvalue weighted by atomic mass is 9.99. The van der Waals surface area contributed by atoms with E-state index in [4.69, 9.17) is 4.74 Å². The highest BCUT2D eigenvalue weighted by atomic mass is 16.5. The van der Waals surface area contributed by atoms with Crippen molar-refractivity contribution >= 4 is 22.9 Å². The van der Waals surface area contributed by atoms with Crippen LogP contribution in [0, 0.1) is 0 Å². The second kappa shape index (κ2) is 12.0. The molecule has 5 aromatic carbocycles. The lowest BCUT2D eigenvalue weighted by Gasteiger charge is -2.28. The number of benzene rings is 5. The molecule has 0 bridgehead atoms. The predicted molar refractivity (Wildman–Crippen MR) is 160 cm³/mol. The number of nitrogens with one attached hydrogen (secondary N) is 1. The van der Waals surface area contributed by atoms with Gasteiger partial charge in [0.15, 0.2) is 0 Å². The molecule has 198 valence electrons. The molecule has 0 fully saturated rings. The van der Waals surface area contributed by atoms with Crippen molar-refractivity contribution in [2.75, 3.05) is 6.54 Å². The topological polar surface area (TPSA) is 53.9 Å². The Bertz CT molecular complexity index is 1640. The van der Waals surface area contributed by atoms with E-state index < -0.39 is 0 Å². The van der Waals surface area contributed by atoms with Gasteiger partial charge in [-0.2, -0.15) is 5.10 Å². The van der Waals surface area contributed by atoms with Crippen molar-refractivity contribution in [1.82, 2.24) is 10.3 Å². The highest BCUT2D eigenvalue weighted by molar-refractivity contribution is 5.95. The van der Waals surface area contributed by atoms with Gasteiger partial charge >= 0.3 is 0 Å². The number of hydrogen-bond acceptors (Lipinski definition) is 4. The van der Waals surface area contributed by atoms with Crippen LogP contribution in [0.25, 0.3) is 10.8 Å². The van der Waals surface area contributed by atoms with Gasteiger partial charge in [0.2, 0.25) is 0 Å². The molecule has 1 heterocycles. The van der Waals surface area contributed by atoms with Crippen LogP contribution in [0.1, 0.15) is 38.2 Å². The Morgan fingerprint density at radius 1 is 0.825 bits per heavy atom. The first-order valence-electron chi connectivity index (χ1n) is 13.6. The van der Waals surface area contributed by atoms with E-state index in [-0.39, 0.29) is 5.91 Å². The van der Waals surface area contributed by atoms with Gasteiger partial charge in [-0.15, -0.1) is 0 Å². The van der Waals surface area contributed by atoms with Crippen molar-refractivity contribution in [3.8, 4) is 5.75 Å². The normalized spacial score (nSPS) is 13.3. The fraction of sp³-hybridized carbons (Fsp3) is 0.143. The first-order chi connectivity index (χ1) is 19.7. The van der Waals surface area contributed by atoms with Crippen LogP contribution >= 0.6 is 0 Å². The fourth-order valence-electron chi connectivity index (χ4n) is 5.17. The van der Waals surface area contributed by atoms with Crippen LogP contribution < -0.4 is 10.2 Å². The highest BCUT2D eigenvalue weighted by Gasteiger charge is 2.16. The summed E-state index contributed by atoms with van der Waals surface area (Å²) in [6.45, 7) is 3.38. The lowest BCUT2D eigenvalue weighted by Crippen LogP contribution is -2.30. The Hall–Kier alpha value is -4.74. The average Bonchev–Trinajstić information content (AvgIpc) is 3.01. The minimum atomic E-state index is -0.232. The van der Waals surface area contributed by atoms with Crippen molar-refractivity contribution in [1.29, 1.82) is 0 Å². The van der Waals surface area contributed by atoms with Gasteiger partial charge in [0.25, 0.3) is 5.91 Å². The molecule has 0 aliphatic carbocycles. The largest absolute Gasteiger partial charge is 0.489 e. The van der Waals surface area contributed by atoms with Gasteiger partial charge in [0, 0.05) is 25.2 Å². The standard InChI is InChI=1S/C35H31N3O2/c39-35(30-16-12-27(13-17-30)23-38-21-20-28-6-1-2-8-31(28)24-38)37-36-22-26-14-18-33(19-15-26)40-25-32-10-5-9-29-7-3-4-11-34(29)32/h1-19,22H,20-21,23-25H2,(H,37,39)/b36-22-. The molecular weight excluding hydrogens is 494 g/mol. The van der Waals surface area contributed by atoms with E-state index in [9.17, 15) is 4.79 Å². The van der Waals surface area contributed by atoms with Gasteiger partial charge in [-0.05, 0) is 81.4 Å².